The molecule has 2 aliphatic rings. The lowest BCUT2D eigenvalue weighted by atomic mass is 10.1. The number of rotatable bonds is 3. The fourth-order valence-electron chi connectivity index (χ4n) is 2.69. The summed E-state index contributed by atoms with van der Waals surface area (Å²) in [6.45, 7) is 2.32. The molecule has 0 spiro atoms. The van der Waals surface area contributed by atoms with Crippen LogP contribution in [0.4, 0.5) is 0 Å². The van der Waals surface area contributed by atoms with Crippen LogP contribution in [0.1, 0.15) is 23.2 Å². The van der Waals surface area contributed by atoms with Crippen molar-refractivity contribution in [2.45, 2.75) is 12.8 Å². The maximum absolute atomic E-state index is 12.5. The van der Waals surface area contributed by atoms with Crippen LogP contribution in [0.25, 0.3) is 0 Å². The number of hydrogen-bond donors (Lipinski definition) is 0. The largest absolute Gasteiger partial charge is 0.497 e. The van der Waals surface area contributed by atoms with Crippen molar-refractivity contribution in [2.75, 3.05) is 33.3 Å². The molecule has 5 nitrogen and oxygen atoms in total. The second-order valence-corrected chi connectivity index (χ2v) is 6.14. The zero-order chi connectivity index (χ0) is 15.7. The number of carbonyl (C=O) groups excluding carboxylic acids is 2. The molecule has 0 radical (unpaired) electrons. The van der Waals surface area contributed by atoms with Crippen LogP contribution in [0.2, 0.25) is 5.02 Å². The van der Waals surface area contributed by atoms with Gasteiger partial charge in [0.2, 0.25) is 5.91 Å². The lowest BCUT2D eigenvalue weighted by molar-refractivity contribution is -0.134. The van der Waals surface area contributed by atoms with E-state index in [1.165, 1.54) is 0 Å². The van der Waals surface area contributed by atoms with Gasteiger partial charge in [-0.25, -0.2) is 0 Å². The molecule has 1 aliphatic carbocycles. The third kappa shape index (κ3) is 3.04. The van der Waals surface area contributed by atoms with Gasteiger partial charge in [-0.15, -0.1) is 0 Å². The van der Waals surface area contributed by atoms with Gasteiger partial charge in [0.25, 0.3) is 5.91 Å². The van der Waals surface area contributed by atoms with Crippen molar-refractivity contribution in [3.8, 4) is 5.75 Å². The summed E-state index contributed by atoms with van der Waals surface area (Å²) in [6, 6.07) is 5.05. The molecule has 2 fully saturated rings. The van der Waals surface area contributed by atoms with Gasteiger partial charge in [0, 0.05) is 32.1 Å². The fraction of sp³-hybridized carbons (Fsp3) is 0.500. The number of amides is 2. The van der Waals surface area contributed by atoms with Crippen LogP contribution in [-0.4, -0.2) is 54.9 Å². The van der Waals surface area contributed by atoms with E-state index in [2.05, 4.69) is 0 Å². The molecule has 1 aliphatic heterocycles. The number of benzene rings is 1. The summed E-state index contributed by atoms with van der Waals surface area (Å²) in [5, 5.41) is 0.390. The minimum Gasteiger partial charge on any atom is -0.497 e. The van der Waals surface area contributed by atoms with E-state index in [4.69, 9.17) is 16.3 Å². The number of hydrogen-bond acceptors (Lipinski definition) is 3. The number of methoxy groups -OCH3 is 1. The van der Waals surface area contributed by atoms with Gasteiger partial charge < -0.3 is 14.5 Å². The summed E-state index contributed by atoms with van der Waals surface area (Å²) in [6.07, 6.45) is 2.03. The van der Waals surface area contributed by atoms with Gasteiger partial charge in [-0.05, 0) is 31.0 Å². The molecule has 6 heteroatoms. The van der Waals surface area contributed by atoms with Crippen LogP contribution in [-0.2, 0) is 4.79 Å². The number of piperazine rings is 1. The summed E-state index contributed by atoms with van der Waals surface area (Å²) in [4.78, 5) is 28.2. The highest BCUT2D eigenvalue weighted by Crippen LogP contribution is 2.31. The predicted molar refractivity (Wildman–Crippen MR) is 83.2 cm³/mol. The van der Waals surface area contributed by atoms with E-state index in [1.54, 1.807) is 30.2 Å². The monoisotopic (exact) mass is 322 g/mol. The van der Waals surface area contributed by atoms with E-state index in [0.29, 0.717) is 42.5 Å². The van der Waals surface area contributed by atoms with E-state index in [-0.39, 0.29) is 17.7 Å². The van der Waals surface area contributed by atoms with E-state index < -0.39 is 0 Å². The Morgan fingerprint density at radius 3 is 2.32 bits per heavy atom. The Kier molecular flexibility index (Phi) is 4.25. The SMILES string of the molecule is COc1ccc(C(=O)N2CCN(C(=O)C3CC3)CC2)c(Cl)c1. The number of nitrogens with zero attached hydrogens (tertiary/aromatic N) is 2. The molecule has 118 valence electrons. The van der Waals surface area contributed by atoms with Crippen molar-refractivity contribution in [1.82, 2.24) is 9.80 Å². The first-order valence-corrected chi connectivity index (χ1v) is 7.89. The fourth-order valence-corrected chi connectivity index (χ4v) is 2.94. The Morgan fingerprint density at radius 1 is 1.14 bits per heavy atom. The zero-order valence-electron chi connectivity index (χ0n) is 12.5. The summed E-state index contributed by atoms with van der Waals surface area (Å²) in [5.41, 5.74) is 0.476. The molecule has 1 aromatic carbocycles. The second kappa shape index (κ2) is 6.16. The van der Waals surface area contributed by atoms with E-state index in [0.717, 1.165) is 12.8 Å². The van der Waals surface area contributed by atoms with Gasteiger partial charge in [0.15, 0.2) is 0 Å². The summed E-state index contributed by atoms with van der Waals surface area (Å²) < 4.78 is 5.09. The minimum atomic E-state index is -0.0915. The third-order valence-electron chi connectivity index (χ3n) is 4.21. The van der Waals surface area contributed by atoms with E-state index >= 15 is 0 Å². The highest BCUT2D eigenvalue weighted by Gasteiger charge is 2.35. The molecule has 3 rings (SSSR count). The average molecular weight is 323 g/mol. The summed E-state index contributed by atoms with van der Waals surface area (Å²) >= 11 is 6.16. The molecular formula is C16H19ClN2O3. The molecule has 0 N–H and O–H groups in total. The van der Waals surface area contributed by atoms with Crippen LogP contribution < -0.4 is 4.74 Å². The number of ether oxygens (including phenoxy) is 1. The van der Waals surface area contributed by atoms with Gasteiger partial charge in [-0.2, -0.15) is 0 Å². The van der Waals surface area contributed by atoms with Gasteiger partial charge in [0.05, 0.1) is 17.7 Å². The second-order valence-electron chi connectivity index (χ2n) is 5.74. The van der Waals surface area contributed by atoms with E-state index in [9.17, 15) is 9.59 Å². The van der Waals surface area contributed by atoms with Crippen molar-refractivity contribution in [3.05, 3.63) is 28.8 Å². The van der Waals surface area contributed by atoms with Crippen molar-refractivity contribution in [1.29, 1.82) is 0 Å². The molecule has 1 saturated carbocycles. The van der Waals surface area contributed by atoms with Crippen LogP contribution in [0.3, 0.4) is 0 Å². The Balaban J connectivity index is 1.63. The highest BCUT2D eigenvalue weighted by atomic mass is 35.5. The van der Waals surface area contributed by atoms with Crippen molar-refractivity contribution in [2.24, 2.45) is 5.92 Å². The summed E-state index contributed by atoms with van der Waals surface area (Å²) in [5.74, 6) is 1.01. The quantitative estimate of drug-likeness (QED) is 0.855. The molecule has 0 aromatic heterocycles. The van der Waals surface area contributed by atoms with Gasteiger partial charge >= 0.3 is 0 Å². The first-order chi connectivity index (χ1) is 10.6. The smallest absolute Gasteiger partial charge is 0.255 e. The molecule has 0 bridgehead atoms. The summed E-state index contributed by atoms with van der Waals surface area (Å²) in [7, 11) is 1.56. The molecule has 0 atom stereocenters. The molecule has 1 heterocycles. The van der Waals surface area contributed by atoms with E-state index in [1.807, 2.05) is 4.90 Å². The van der Waals surface area contributed by atoms with Crippen molar-refractivity contribution >= 4 is 23.4 Å². The highest BCUT2D eigenvalue weighted by molar-refractivity contribution is 6.34. The van der Waals surface area contributed by atoms with Crippen molar-refractivity contribution < 1.29 is 14.3 Å². The maximum atomic E-state index is 12.5. The van der Waals surface area contributed by atoms with Gasteiger partial charge in [-0.3, -0.25) is 9.59 Å². The van der Waals surface area contributed by atoms with Crippen LogP contribution in [0.5, 0.6) is 5.75 Å². The Labute approximate surface area is 134 Å². The van der Waals surface area contributed by atoms with Crippen LogP contribution >= 0.6 is 11.6 Å². The number of carbonyl (C=O) groups is 2. The maximum Gasteiger partial charge on any atom is 0.255 e. The molecule has 1 saturated heterocycles. The topological polar surface area (TPSA) is 49.9 Å². The normalized spacial score (nSPS) is 18.3. The Bertz CT molecular complexity index is 593. The first kappa shape index (κ1) is 15.2. The third-order valence-corrected chi connectivity index (χ3v) is 4.52. The molecular weight excluding hydrogens is 304 g/mol. The van der Waals surface area contributed by atoms with Gasteiger partial charge in [-0.1, -0.05) is 11.6 Å². The number of halogens is 1. The molecule has 1 aromatic rings. The van der Waals surface area contributed by atoms with Crippen molar-refractivity contribution in [3.63, 3.8) is 0 Å². The van der Waals surface area contributed by atoms with Crippen LogP contribution in [0, 0.1) is 5.92 Å². The lowest BCUT2D eigenvalue weighted by Crippen LogP contribution is -2.51. The van der Waals surface area contributed by atoms with Crippen LogP contribution in [0.15, 0.2) is 18.2 Å². The van der Waals surface area contributed by atoms with Gasteiger partial charge in [0.1, 0.15) is 5.75 Å². The zero-order valence-corrected chi connectivity index (χ0v) is 13.3. The lowest BCUT2D eigenvalue weighted by Gasteiger charge is -2.35. The average Bonchev–Trinajstić information content (AvgIpc) is 3.38. The Hall–Kier alpha value is -1.75. The Morgan fingerprint density at radius 2 is 1.77 bits per heavy atom. The standard InChI is InChI=1S/C16H19ClN2O3/c1-22-12-4-5-13(14(17)10-12)16(21)19-8-6-18(7-9-19)15(20)11-2-3-11/h4-5,10-11H,2-3,6-9H2,1H3. The minimum absolute atomic E-state index is 0.0915. The molecule has 0 unspecified atom stereocenters. The predicted octanol–water partition coefficient (Wildman–Crippen LogP) is 2.04. The molecule has 2 amide bonds. The first-order valence-electron chi connectivity index (χ1n) is 7.51. The molecule has 22 heavy (non-hydrogen) atoms.